The highest BCUT2D eigenvalue weighted by Crippen LogP contribution is 2.29. The Morgan fingerprint density at radius 1 is 1.21 bits per heavy atom. The van der Waals surface area contributed by atoms with E-state index < -0.39 is 0 Å². The standard InChI is InChI=1S/C12H16N2/c1-2-9-8-10(12-5-7-14-12)3-4-11(9)13-6-1/h3-4,8,12-14H,1-2,5-7H2/t12-/m1/s1. The van der Waals surface area contributed by atoms with E-state index in [0.717, 1.165) is 6.54 Å². The lowest BCUT2D eigenvalue weighted by Crippen LogP contribution is -2.35. The average Bonchev–Trinajstić information content (AvgIpc) is 2.15. The lowest BCUT2D eigenvalue weighted by atomic mass is 9.93. The van der Waals surface area contributed by atoms with E-state index in [0.29, 0.717) is 6.04 Å². The van der Waals surface area contributed by atoms with Crippen LogP contribution < -0.4 is 10.6 Å². The zero-order chi connectivity index (χ0) is 9.38. The Bertz CT molecular complexity index is 342. The van der Waals surface area contributed by atoms with Crippen molar-refractivity contribution in [2.24, 2.45) is 0 Å². The molecule has 3 rings (SSSR count). The van der Waals surface area contributed by atoms with E-state index in [9.17, 15) is 0 Å². The minimum atomic E-state index is 0.627. The Labute approximate surface area is 84.7 Å². The van der Waals surface area contributed by atoms with Crippen molar-refractivity contribution in [2.75, 3.05) is 18.4 Å². The molecule has 0 saturated carbocycles. The van der Waals surface area contributed by atoms with Gasteiger partial charge in [0.1, 0.15) is 0 Å². The van der Waals surface area contributed by atoms with Gasteiger partial charge in [0.2, 0.25) is 0 Å². The molecule has 0 aromatic heterocycles. The van der Waals surface area contributed by atoms with Crippen LogP contribution in [0.25, 0.3) is 0 Å². The van der Waals surface area contributed by atoms with Crippen LogP contribution in [-0.2, 0) is 6.42 Å². The molecule has 1 aromatic carbocycles. The second kappa shape index (κ2) is 3.28. The molecular weight excluding hydrogens is 172 g/mol. The fraction of sp³-hybridized carbons (Fsp3) is 0.500. The summed E-state index contributed by atoms with van der Waals surface area (Å²) in [4.78, 5) is 0. The predicted octanol–water partition coefficient (Wildman–Crippen LogP) is 2.08. The Kier molecular flexibility index (Phi) is 1.95. The van der Waals surface area contributed by atoms with Crippen LogP contribution >= 0.6 is 0 Å². The van der Waals surface area contributed by atoms with Crippen LogP contribution in [0.15, 0.2) is 18.2 Å². The number of hydrogen-bond acceptors (Lipinski definition) is 2. The number of hydrogen-bond donors (Lipinski definition) is 2. The summed E-state index contributed by atoms with van der Waals surface area (Å²) in [5.74, 6) is 0. The molecule has 1 aromatic rings. The molecule has 0 spiro atoms. The highest BCUT2D eigenvalue weighted by Gasteiger charge is 2.19. The molecule has 1 fully saturated rings. The van der Waals surface area contributed by atoms with Crippen molar-refractivity contribution in [3.05, 3.63) is 29.3 Å². The molecule has 0 radical (unpaired) electrons. The van der Waals surface area contributed by atoms with Crippen LogP contribution in [-0.4, -0.2) is 13.1 Å². The zero-order valence-electron chi connectivity index (χ0n) is 8.34. The third-order valence-corrected chi connectivity index (χ3v) is 3.29. The van der Waals surface area contributed by atoms with Crippen molar-refractivity contribution >= 4 is 5.69 Å². The molecule has 1 atom stereocenters. The highest BCUT2D eigenvalue weighted by molar-refractivity contribution is 5.54. The third-order valence-electron chi connectivity index (χ3n) is 3.29. The zero-order valence-corrected chi connectivity index (χ0v) is 8.34. The van der Waals surface area contributed by atoms with Crippen LogP contribution in [0.2, 0.25) is 0 Å². The maximum atomic E-state index is 3.45. The van der Waals surface area contributed by atoms with Crippen molar-refractivity contribution in [1.29, 1.82) is 0 Å². The number of fused-ring (bicyclic) bond motifs is 1. The topological polar surface area (TPSA) is 24.1 Å². The van der Waals surface area contributed by atoms with Gasteiger partial charge in [-0.15, -0.1) is 0 Å². The van der Waals surface area contributed by atoms with Gasteiger partial charge in [-0.25, -0.2) is 0 Å². The minimum Gasteiger partial charge on any atom is -0.385 e. The molecule has 2 nitrogen and oxygen atoms in total. The Morgan fingerprint density at radius 3 is 2.93 bits per heavy atom. The fourth-order valence-electron chi connectivity index (χ4n) is 2.28. The molecule has 14 heavy (non-hydrogen) atoms. The molecule has 1 saturated heterocycles. The average molecular weight is 188 g/mol. The smallest absolute Gasteiger partial charge is 0.0372 e. The number of anilines is 1. The first-order valence-electron chi connectivity index (χ1n) is 5.53. The molecule has 2 aliphatic heterocycles. The van der Waals surface area contributed by atoms with Crippen molar-refractivity contribution in [3.63, 3.8) is 0 Å². The first-order chi connectivity index (χ1) is 6.93. The SMILES string of the molecule is c1cc2c(cc1[C@H]1CCN1)CCCN2. The third kappa shape index (κ3) is 1.30. The van der Waals surface area contributed by atoms with Crippen molar-refractivity contribution < 1.29 is 0 Å². The van der Waals surface area contributed by atoms with Gasteiger partial charge >= 0.3 is 0 Å². The molecule has 0 aliphatic carbocycles. The second-order valence-corrected chi connectivity index (χ2v) is 4.24. The molecule has 2 N–H and O–H groups in total. The Morgan fingerprint density at radius 2 is 2.14 bits per heavy atom. The summed E-state index contributed by atoms with van der Waals surface area (Å²) in [5, 5.41) is 6.89. The van der Waals surface area contributed by atoms with Gasteiger partial charge in [0.25, 0.3) is 0 Å². The van der Waals surface area contributed by atoms with Crippen LogP contribution in [0, 0.1) is 0 Å². The number of rotatable bonds is 1. The summed E-state index contributed by atoms with van der Waals surface area (Å²) in [6.07, 6.45) is 3.81. The first kappa shape index (κ1) is 8.30. The molecule has 74 valence electrons. The van der Waals surface area contributed by atoms with Crippen LogP contribution in [0.5, 0.6) is 0 Å². The summed E-state index contributed by atoms with van der Waals surface area (Å²) in [6, 6.07) is 7.50. The van der Waals surface area contributed by atoms with Gasteiger partial charge in [-0.2, -0.15) is 0 Å². The summed E-state index contributed by atoms with van der Waals surface area (Å²) in [7, 11) is 0. The summed E-state index contributed by atoms with van der Waals surface area (Å²) >= 11 is 0. The largest absolute Gasteiger partial charge is 0.385 e. The van der Waals surface area contributed by atoms with Crippen LogP contribution in [0.3, 0.4) is 0 Å². The second-order valence-electron chi connectivity index (χ2n) is 4.24. The van der Waals surface area contributed by atoms with Crippen molar-refractivity contribution in [3.8, 4) is 0 Å². The quantitative estimate of drug-likeness (QED) is 0.705. The van der Waals surface area contributed by atoms with Gasteiger partial charge in [-0.05, 0) is 43.0 Å². The van der Waals surface area contributed by atoms with Gasteiger partial charge in [-0.3, -0.25) is 0 Å². The Balaban J connectivity index is 1.92. The molecule has 0 bridgehead atoms. The van der Waals surface area contributed by atoms with Crippen LogP contribution in [0.4, 0.5) is 5.69 Å². The fourth-order valence-corrected chi connectivity index (χ4v) is 2.28. The van der Waals surface area contributed by atoms with Gasteiger partial charge in [0.05, 0.1) is 0 Å². The first-order valence-corrected chi connectivity index (χ1v) is 5.53. The van der Waals surface area contributed by atoms with E-state index >= 15 is 0 Å². The minimum absolute atomic E-state index is 0.627. The monoisotopic (exact) mass is 188 g/mol. The maximum absolute atomic E-state index is 3.45. The van der Waals surface area contributed by atoms with Crippen molar-refractivity contribution in [1.82, 2.24) is 5.32 Å². The normalized spacial score (nSPS) is 24.7. The summed E-state index contributed by atoms with van der Waals surface area (Å²) in [6.45, 7) is 2.31. The summed E-state index contributed by atoms with van der Waals surface area (Å²) in [5.41, 5.74) is 4.32. The summed E-state index contributed by atoms with van der Waals surface area (Å²) < 4.78 is 0. The lowest BCUT2D eigenvalue weighted by Gasteiger charge is -2.29. The maximum Gasteiger partial charge on any atom is 0.0372 e. The van der Waals surface area contributed by atoms with Gasteiger partial charge in [-0.1, -0.05) is 12.1 Å². The highest BCUT2D eigenvalue weighted by atomic mass is 15.0. The van der Waals surface area contributed by atoms with Crippen molar-refractivity contribution in [2.45, 2.75) is 25.3 Å². The van der Waals surface area contributed by atoms with Gasteiger partial charge in [0.15, 0.2) is 0 Å². The van der Waals surface area contributed by atoms with Crippen LogP contribution in [0.1, 0.15) is 30.0 Å². The van der Waals surface area contributed by atoms with Gasteiger partial charge in [0, 0.05) is 18.3 Å². The number of nitrogens with one attached hydrogen (secondary N) is 2. The predicted molar refractivity (Wildman–Crippen MR) is 58.6 cm³/mol. The molecule has 0 unspecified atom stereocenters. The molecule has 2 heteroatoms. The van der Waals surface area contributed by atoms with Gasteiger partial charge < -0.3 is 10.6 Å². The van der Waals surface area contributed by atoms with E-state index in [1.807, 2.05) is 0 Å². The number of benzene rings is 1. The number of aryl methyl sites for hydroxylation is 1. The molecule has 0 amide bonds. The lowest BCUT2D eigenvalue weighted by molar-refractivity contribution is 0.383. The molecule has 2 aliphatic rings. The Hall–Kier alpha value is -1.02. The molecule has 2 heterocycles. The van der Waals surface area contributed by atoms with E-state index in [1.54, 1.807) is 0 Å². The van der Waals surface area contributed by atoms with E-state index in [1.165, 1.54) is 42.6 Å². The van der Waals surface area contributed by atoms with E-state index in [4.69, 9.17) is 0 Å². The van der Waals surface area contributed by atoms with E-state index in [-0.39, 0.29) is 0 Å². The van der Waals surface area contributed by atoms with E-state index in [2.05, 4.69) is 28.8 Å². The molecular formula is C12H16N2.